The second kappa shape index (κ2) is 6.16. The molecule has 2 fully saturated rings. The van der Waals surface area contributed by atoms with Crippen LogP contribution in [0.3, 0.4) is 0 Å². The Kier molecular flexibility index (Phi) is 3.86. The molecule has 2 N–H and O–H groups in total. The van der Waals surface area contributed by atoms with Crippen molar-refractivity contribution in [3.05, 3.63) is 53.9 Å². The molecule has 2 aromatic rings. The van der Waals surface area contributed by atoms with Gasteiger partial charge < -0.3 is 15.2 Å². The molecule has 2 saturated carbocycles. The number of ether oxygens (including phenoxy) is 2. The maximum Gasteiger partial charge on any atom is 0.281 e. The van der Waals surface area contributed by atoms with E-state index in [0.29, 0.717) is 0 Å². The van der Waals surface area contributed by atoms with Gasteiger partial charge >= 0.3 is 0 Å². The van der Waals surface area contributed by atoms with E-state index in [1.807, 2.05) is 19.4 Å². The number of nitrogens with zero attached hydrogens (tertiary/aromatic N) is 2. The lowest BCUT2D eigenvalue weighted by Gasteiger charge is -2.54. The van der Waals surface area contributed by atoms with Gasteiger partial charge in [-0.15, -0.1) is 0 Å². The average Bonchev–Trinajstić information content (AvgIpc) is 3.38. The number of amidine groups is 1. The largest absolute Gasteiger partial charge is 0.476 e. The van der Waals surface area contributed by atoms with Gasteiger partial charge in [-0.2, -0.15) is 0 Å². The minimum Gasteiger partial charge on any atom is -0.476 e. The number of benzene rings is 1. The van der Waals surface area contributed by atoms with E-state index < -0.39 is 10.9 Å². The third kappa shape index (κ3) is 2.44. The van der Waals surface area contributed by atoms with Crippen molar-refractivity contribution in [3.63, 3.8) is 0 Å². The molecule has 2 heterocycles. The molecule has 6 rings (SSSR count). The first-order valence-corrected chi connectivity index (χ1v) is 11.0. The molecule has 4 aliphatic rings. The predicted molar refractivity (Wildman–Crippen MR) is 121 cm³/mol. The SMILES string of the molecule is [B]C1([B])OC(N)=NC12c1cc(-c3cccnc3)ccc1C[C@@]21CC[C@H](OC)C2(CC2)C1. The van der Waals surface area contributed by atoms with E-state index in [1.165, 1.54) is 18.4 Å². The number of hydrogen-bond donors (Lipinski definition) is 1. The van der Waals surface area contributed by atoms with Crippen molar-refractivity contribution in [1.82, 2.24) is 4.98 Å². The van der Waals surface area contributed by atoms with Gasteiger partial charge in [0.25, 0.3) is 6.02 Å². The van der Waals surface area contributed by atoms with Gasteiger partial charge in [-0.05, 0) is 78.3 Å². The van der Waals surface area contributed by atoms with E-state index in [0.717, 1.165) is 42.4 Å². The zero-order valence-corrected chi connectivity index (χ0v) is 17.8. The van der Waals surface area contributed by atoms with Crippen molar-refractivity contribution in [2.45, 2.75) is 55.6 Å². The van der Waals surface area contributed by atoms with Crippen LogP contribution < -0.4 is 5.73 Å². The number of aromatic nitrogens is 1. The second-order valence-corrected chi connectivity index (χ2v) is 9.93. The Morgan fingerprint density at radius 2 is 2.00 bits per heavy atom. The smallest absolute Gasteiger partial charge is 0.281 e. The topological polar surface area (TPSA) is 69.7 Å². The molecule has 7 heteroatoms. The van der Waals surface area contributed by atoms with Crippen LogP contribution in [0.5, 0.6) is 0 Å². The Balaban J connectivity index is 1.55. The van der Waals surface area contributed by atoms with Crippen molar-refractivity contribution in [3.8, 4) is 11.1 Å². The first-order valence-electron chi connectivity index (χ1n) is 11.0. The first-order chi connectivity index (χ1) is 14.8. The van der Waals surface area contributed by atoms with Crippen molar-refractivity contribution in [2.75, 3.05) is 7.11 Å². The van der Waals surface area contributed by atoms with Crippen molar-refractivity contribution >= 4 is 21.7 Å². The lowest BCUT2D eigenvalue weighted by Crippen LogP contribution is -2.60. The maximum absolute atomic E-state index is 6.71. The summed E-state index contributed by atoms with van der Waals surface area (Å²) in [6.07, 6.45) is 9.97. The lowest BCUT2D eigenvalue weighted by atomic mass is 9.44. The van der Waals surface area contributed by atoms with Gasteiger partial charge in [0.15, 0.2) is 0 Å². The molecule has 0 bridgehead atoms. The van der Waals surface area contributed by atoms with E-state index in [4.69, 9.17) is 35.9 Å². The average molecular weight is 409 g/mol. The van der Waals surface area contributed by atoms with E-state index in [9.17, 15) is 0 Å². The van der Waals surface area contributed by atoms with Crippen molar-refractivity contribution in [1.29, 1.82) is 0 Å². The molecule has 1 aromatic heterocycles. The highest BCUT2D eigenvalue weighted by Crippen LogP contribution is 2.72. The number of pyridine rings is 1. The summed E-state index contributed by atoms with van der Waals surface area (Å²) in [6, 6.07) is 10.6. The molecule has 4 radical (unpaired) electrons. The number of nitrogens with two attached hydrogens (primary N) is 1. The summed E-state index contributed by atoms with van der Waals surface area (Å²) in [6.45, 7) is 0. The van der Waals surface area contributed by atoms with Crippen LogP contribution in [0.4, 0.5) is 0 Å². The maximum atomic E-state index is 6.71. The Morgan fingerprint density at radius 3 is 2.65 bits per heavy atom. The normalized spacial score (nSPS) is 34.0. The van der Waals surface area contributed by atoms with Gasteiger partial charge in [0.1, 0.15) is 21.2 Å². The molecule has 154 valence electrons. The standard InChI is InChI=1S/C24H25B2N3O2/c1-30-19-6-7-22(14-21(19)8-9-21)12-16-5-4-15(17-3-2-10-28-13-17)11-18(16)23(22)24(25,26)31-20(27)29-23/h2-5,10-11,13,19H,6-9,12,14H2,1H3,(H2,27,29)/t19-,22+,23?/m0/s1. The fourth-order valence-electron chi connectivity index (χ4n) is 6.96. The van der Waals surface area contributed by atoms with Crippen LogP contribution in [0.15, 0.2) is 47.7 Å². The van der Waals surface area contributed by atoms with Crippen LogP contribution in [0, 0.1) is 10.8 Å². The van der Waals surface area contributed by atoms with E-state index in [1.54, 1.807) is 6.20 Å². The Morgan fingerprint density at radius 1 is 1.16 bits per heavy atom. The highest BCUT2D eigenvalue weighted by molar-refractivity contribution is 6.41. The molecular formula is C24H25B2N3O2. The van der Waals surface area contributed by atoms with Crippen molar-refractivity contribution in [2.24, 2.45) is 21.6 Å². The van der Waals surface area contributed by atoms with Crippen LogP contribution in [0.1, 0.15) is 43.2 Å². The second-order valence-electron chi connectivity index (χ2n) is 9.93. The number of aliphatic imine (C=N–C) groups is 1. The number of methoxy groups -OCH3 is 1. The van der Waals surface area contributed by atoms with Gasteiger partial charge in [0, 0.05) is 24.9 Å². The minimum atomic E-state index is -1.51. The van der Waals surface area contributed by atoms with Crippen LogP contribution >= 0.6 is 0 Å². The molecule has 1 aliphatic heterocycles. The lowest BCUT2D eigenvalue weighted by molar-refractivity contribution is -0.0719. The molecule has 1 unspecified atom stereocenters. The summed E-state index contributed by atoms with van der Waals surface area (Å²) in [5, 5.41) is -1.51. The third-order valence-corrected chi connectivity index (χ3v) is 8.34. The first kappa shape index (κ1) is 19.4. The summed E-state index contributed by atoms with van der Waals surface area (Å²) in [4.78, 5) is 9.21. The summed E-state index contributed by atoms with van der Waals surface area (Å²) in [7, 11) is 15.2. The molecule has 5 nitrogen and oxygen atoms in total. The molecule has 31 heavy (non-hydrogen) atoms. The molecule has 3 atom stereocenters. The fourth-order valence-corrected chi connectivity index (χ4v) is 6.96. The summed E-state index contributed by atoms with van der Waals surface area (Å²) in [5.41, 5.74) is 9.49. The minimum absolute atomic E-state index is 0.0720. The van der Waals surface area contributed by atoms with Crippen LogP contribution in [0.2, 0.25) is 0 Å². The highest BCUT2D eigenvalue weighted by Gasteiger charge is 2.72. The van der Waals surface area contributed by atoms with Gasteiger partial charge in [-0.3, -0.25) is 4.98 Å². The zero-order chi connectivity index (χ0) is 21.5. The molecule has 3 aliphatic carbocycles. The summed E-state index contributed by atoms with van der Waals surface area (Å²) < 4.78 is 11.7. The van der Waals surface area contributed by atoms with Gasteiger partial charge in [0.2, 0.25) is 0 Å². The van der Waals surface area contributed by atoms with Crippen LogP contribution in [0.25, 0.3) is 11.1 Å². The molecule has 3 spiro atoms. The van der Waals surface area contributed by atoms with Gasteiger partial charge in [-0.1, -0.05) is 18.2 Å². The van der Waals surface area contributed by atoms with Gasteiger partial charge in [-0.25, -0.2) is 4.99 Å². The van der Waals surface area contributed by atoms with E-state index in [-0.39, 0.29) is 23.0 Å². The predicted octanol–water partition coefficient (Wildman–Crippen LogP) is 2.80. The molecular weight excluding hydrogens is 384 g/mol. The van der Waals surface area contributed by atoms with Crippen molar-refractivity contribution < 1.29 is 9.47 Å². The number of fused-ring (bicyclic) bond motifs is 3. The number of hydrogen-bond acceptors (Lipinski definition) is 5. The quantitative estimate of drug-likeness (QED) is 0.775. The third-order valence-electron chi connectivity index (χ3n) is 8.34. The summed E-state index contributed by atoms with van der Waals surface area (Å²) >= 11 is 0. The molecule has 0 amide bonds. The Labute approximate surface area is 185 Å². The van der Waals surface area contributed by atoms with E-state index >= 15 is 0 Å². The summed E-state index contributed by atoms with van der Waals surface area (Å²) in [5.74, 6) is 0. The monoisotopic (exact) mass is 409 g/mol. The van der Waals surface area contributed by atoms with Crippen LogP contribution in [-0.2, 0) is 21.4 Å². The molecule has 0 saturated heterocycles. The van der Waals surface area contributed by atoms with Gasteiger partial charge in [0.05, 0.1) is 11.5 Å². The van der Waals surface area contributed by atoms with E-state index in [2.05, 4.69) is 29.2 Å². The highest BCUT2D eigenvalue weighted by atomic mass is 16.5. The fraction of sp³-hybridized carbons (Fsp3) is 0.500. The Bertz CT molecular complexity index is 1090. The Hall–Kier alpha value is -2.27. The zero-order valence-electron chi connectivity index (χ0n) is 17.8. The molecule has 1 aromatic carbocycles. The number of rotatable bonds is 2. The van der Waals surface area contributed by atoms with Crippen LogP contribution in [-0.4, -0.2) is 45.3 Å².